The van der Waals surface area contributed by atoms with E-state index in [1.54, 1.807) is 0 Å². The fourth-order valence-electron chi connectivity index (χ4n) is 2.68. The average Bonchev–Trinajstić information content (AvgIpc) is 2.46. The lowest BCUT2D eigenvalue weighted by Crippen LogP contribution is -2.40. The molecule has 5 heteroatoms. The van der Waals surface area contributed by atoms with Gasteiger partial charge in [-0.25, -0.2) is 0 Å². The predicted molar refractivity (Wildman–Crippen MR) is 77.2 cm³/mol. The molecule has 1 fully saturated rings. The number of benzene rings is 1. The molecule has 3 atom stereocenters. The van der Waals surface area contributed by atoms with E-state index in [0.29, 0.717) is 25.2 Å². The molecule has 21 heavy (non-hydrogen) atoms. The second-order valence-corrected chi connectivity index (χ2v) is 5.47. The normalized spacial score (nSPS) is 28.3. The number of hydrogen-bond acceptors (Lipinski definition) is 5. The molecule has 0 aromatic heterocycles. The van der Waals surface area contributed by atoms with Crippen molar-refractivity contribution in [3.63, 3.8) is 0 Å². The Morgan fingerprint density at radius 1 is 1.33 bits per heavy atom. The quantitative estimate of drug-likeness (QED) is 0.888. The van der Waals surface area contributed by atoms with Gasteiger partial charge in [0.15, 0.2) is 0 Å². The Bertz CT molecular complexity index is 539. The van der Waals surface area contributed by atoms with Crippen LogP contribution < -0.4 is 9.47 Å². The highest BCUT2D eigenvalue weighted by atomic mass is 16.7. The molecular weight excluding hydrogens is 272 g/mol. The summed E-state index contributed by atoms with van der Waals surface area (Å²) in [5.74, 6) is 1.43. The average molecular weight is 292 g/mol. The van der Waals surface area contributed by atoms with Gasteiger partial charge in [0.2, 0.25) is 6.29 Å². The summed E-state index contributed by atoms with van der Waals surface area (Å²) in [5, 5.41) is 18.9. The van der Waals surface area contributed by atoms with E-state index in [-0.39, 0.29) is 12.7 Å². The second-order valence-electron chi connectivity index (χ2n) is 5.47. The molecule has 3 rings (SSSR count). The molecule has 3 unspecified atom stereocenters. The zero-order chi connectivity index (χ0) is 14.8. The van der Waals surface area contributed by atoms with Crippen molar-refractivity contribution in [2.24, 2.45) is 0 Å². The van der Waals surface area contributed by atoms with Crippen LogP contribution >= 0.6 is 0 Å². The van der Waals surface area contributed by atoms with Gasteiger partial charge < -0.3 is 24.4 Å². The Kier molecular flexibility index (Phi) is 4.14. The number of aliphatic hydroxyl groups is 2. The second kappa shape index (κ2) is 6.05. The van der Waals surface area contributed by atoms with Crippen LogP contribution in [0.15, 0.2) is 24.3 Å². The molecule has 0 spiro atoms. The van der Waals surface area contributed by atoms with Gasteiger partial charge in [-0.15, -0.1) is 0 Å². The molecule has 0 saturated carbocycles. The van der Waals surface area contributed by atoms with Crippen LogP contribution in [-0.4, -0.2) is 41.9 Å². The van der Waals surface area contributed by atoms with Crippen LogP contribution in [0.3, 0.4) is 0 Å². The topological polar surface area (TPSA) is 68.2 Å². The first-order valence-electron chi connectivity index (χ1n) is 7.20. The number of hydrogen-bond donors (Lipinski definition) is 2. The van der Waals surface area contributed by atoms with E-state index < -0.39 is 12.4 Å². The Morgan fingerprint density at radius 2 is 2.19 bits per heavy atom. The fourth-order valence-corrected chi connectivity index (χ4v) is 2.68. The van der Waals surface area contributed by atoms with Gasteiger partial charge in [-0.3, -0.25) is 0 Å². The first-order valence-corrected chi connectivity index (χ1v) is 7.20. The van der Waals surface area contributed by atoms with Gasteiger partial charge in [0.25, 0.3) is 0 Å². The highest BCUT2D eigenvalue weighted by Crippen LogP contribution is 2.34. The van der Waals surface area contributed by atoms with Crippen molar-refractivity contribution >= 4 is 5.57 Å². The van der Waals surface area contributed by atoms with E-state index >= 15 is 0 Å². The summed E-state index contributed by atoms with van der Waals surface area (Å²) in [7, 11) is 0. The standard InChI is InChI=1S/C16H20O5/c1-10-4-5-19-15-8-12(2-3-14(10)15)20-16-7-11(18)6-13(9-17)21-16/h2-4,8,11,13,16-18H,5-7,9H2,1H3. The largest absolute Gasteiger partial charge is 0.489 e. The smallest absolute Gasteiger partial charge is 0.202 e. The van der Waals surface area contributed by atoms with Crippen LogP contribution in [-0.2, 0) is 4.74 Å². The summed E-state index contributed by atoms with van der Waals surface area (Å²) in [5.41, 5.74) is 2.25. The number of fused-ring (bicyclic) bond motifs is 1. The van der Waals surface area contributed by atoms with Crippen LogP contribution in [0.25, 0.3) is 5.57 Å². The minimum atomic E-state index is -0.552. The fraction of sp³-hybridized carbons (Fsp3) is 0.500. The van der Waals surface area contributed by atoms with Crippen molar-refractivity contribution in [2.75, 3.05) is 13.2 Å². The number of ether oxygens (including phenoxy) is 3. The molecule has 0 radical (unpaired) electrons. The van der Waals surface area contributed by atoms with E-state index in [2.05, 4.69) is 0 Å². The van der Waals surface area contributed by atoms with E-state index in [1.807, 2.05) is 31.2 Å². The molecular formula is C16H20O5. The number of aliphatic hydroxyl groups excluding tert-OH is 2. The van der Waals surface area contributed by atoms with Crippen LogP contribution in [0.2, 0.25) is 0 Å². The number of allylic oxidation sites excluding steroid dienone is 1. The monoisotopic (exact) mass is 292 g/mol. The minimum absolute atomic E-state index is 0.117. The Morgan fingerprint density at radius 3 is 3.00 bits per heavy atom. The van der Waals surface area contributed by atoms with E-state index in [1.165, 1.54) is 5.57 Å². The molecule has 0 bridgehead atoms. The molecule has 2 heterocycles. The van der Waals surface area contributed by atoms with Gasteiger partial charge in [-0.2, -0.15) is 0 Å². The molecule has 1 aromatic carbocycles. The van der Waals surface area contributed by atoms with Gasteiger partial charge in [0, 0.05) is 24.5 Å². The van der Waals surface area contributed by atoms with Crippen LogP contribution in [0.5, 0.6) is 11.5 Å². The highest BCUT2D eigenvalue weighted by molar-refractivity contribution is 5.71. The van der Waals surface area contributed by atoms with E-state index in [4.69, 9.17) is 19.3 Å². The van der Waals surface area contributed by atoms with E-state index in [0.717, 1.165) is 11.3 Å². The van der Waals surface area contributed by atoms with Crippen LogP contribution in [0.1, 0.15) is 25.3 Å². The first kappa shape index (κ1) is 14.4. The summed E-state index contributed by atoms with van der Waals surface area (Å²) in [4.78, 5) is 0. The summed E-state index contributed by atoms with van der Waals surface area (Å²) >= 11 is 0. The summed E-state index contributed by atoms with van der Waals surface area (Å²) in [6, 6.07) is 5.66. The zero-order valence-electron chi connectivity index (χ0n) is 12.0. The van der Waals surface area contributed by atoms with Gasteiger partial charge in [-0.1, -0.05) is 0 Å². The summed E-state index contributed by atoms with van der Waals surface area (Å²) in [6.07, 6.45) is 1.43. The first-order chi connectivity index (χ1) is 10.2. The van der Waals surface area contributed by atoms with Gasteiger partial charge in [0.1, 0.15) is 18.1 Å². The van der Waals surface area contributed by atoms with Gasteiger partial charge >= 0.3 is 0 Å². The molecule has 2 N–H and O–H groups in total. The maximum Gasteiger partial charge on any atom is 0.202 e. The summed E-state index contributed by atoms with van der Waals surface area (Å²) < 4.78 is 17.0. The lowest BCUT2D eigenvalue weighted by molar-refractivity contribution is -0.184. The molecule has 114 valence electrons. The predicted octanol–water partition coefficient (Wildman–Crippen LogP) is 1.72. The van der Waals surface area contributed by atoms with Crippen LogP contribution in [0.4, 0.5) is 0 Å². The molecule has 0 amide bonds. The van der Waals surface area contributed by atoms with Crippen molar-refractivity contribution in [3.05, 3.63) is 29.8 Å². The molecule has 0 aliphatic carbocycles. The highest BCUT2D eigenvalue weighted by Gasteiger charge is 2.29. The van der Waals surface area contributed by atoms with Gasteiger partial charge in [0.05, 0.1) is 18.8 Å². The molecule has 1 saturated heterocycles. The maximum atomic E-state index is 9.78. The third kappa shape index (κ3) is 3.20. The lowest BCUT2D eigenvalue weighted by Gasteiger charge is -2.32. The van der Waals surface area contributed by atoms with Crippen molar-refractivity contribution in [1.82, 2.24) is 0 Å². The molecule has 1 aromatic rings. The minimum Gasteiger partial charge on any atom is -0.489 e. The van der Waals surface area contributed by atoms with Crippen molar-refractivity contribution in [3.8, 4) is 11.5 Å². The van der Waals surface area contributed by atoms with E-state index in [9.17, 15) is 5.11 Å². The Labute approximate surface area is 123 Å². The van der Waals surface area contributed by atoms with Crippen molar-refractivity contribution in [1.29, 1.82) is 0 Å². The zero-order valence-corrected chi connectivity index (χ0v) is 12.0. The third-order valence-electron chi connectivity index (χ3n) is 3.82. The van der Waals surface area contributed by atoms with Crippen LogP contribution in [0, 0.1) is 0 Å². The Hall–Kier alpha value is -1.56. The maximum absolute atomic E-state index is 9.78. The third-order valence-corrected chi connectivity index (χ3v) is 3.82. The number of rotatable bonds is 3. The molecule has 2 aliphatic rings. The lowest BCUT2D eigenvalue weighted by atomic mass is 10.0. The SMILES string of the molecule is CC1=CCOc2cc(OC3CC(O)CC(CO)O3)ccc21. The molecule has 2 aliphatic heterocycles. The van der Waals surface area contributed by atoms with Gasteiger partial charge in [-0.05, 0) is 30.7 Å². The van der Waals surface area contributed by atoms with Crippen molar-refractivity contribution < 1.29 is 24.4 Å². The summed E-state index contributed by atoms with van der Waals surface area (Å²) in [6.45, 7) is 2.50. The van der Waals surface area contributed by atoms with Crippen molar-refractivity contribution in [2.45, 2.75) is 38.3 Å². The Balaban J connectivity index is 1.72. The molecule has 5 nitrogen and oxygen atoms in total.